The lowest BCUT2D eigenvalue weighted by molar-refractivity contribution is -0.368. The molecule has 0 aromatic carbocycles. The zero-order chi connectivity index (χ0) is 68.5. The summed E-state index contributed by atoms with van der Waals surface area (Å²) in [6.07, 6.45) is -13.2. The van der Waals surface area contributed by atoms with E-state index in [9.17, 15) is 96.4 Å². The Morgan fingerprint density at radius 1 is 0.613 bits per heavy atom. The maximum absolute atomic E-state index is 14.6. The highest BCUT2D eigenvalue weighted by atomic mass is 16.7. The second kappa shape index (κ2) is 36.6. The van der Waals surface area contributed by atoms with E-state index >= 15 is 0 Å². The summed E-state index contributed by atoms with van der Waals surface area (Å²) in [7, 11) is 1.89. The average Bonchev–Trinajstić information content (AvgIpc) is 0.812. The Morgan fingerprint density at radius 3 is 1.84 bits per heavy atom. The summed E-state index contributed by atoms with van der Waals surface area (Å²) < 4.78 is 40.9. The summed E-state index contributed by atoms with van der Waals surface area (Å²) in [6, 6.07) is -1.46. The van der Waals surface area contributed by atoms with Crippen molar-refractivity contribution in [2.75, 3.05) is 53.0 Å². The lowest BCUT2D eigenvalue weighted by Gasteiger charge is -2.48. The summed E-state index contributed by atoms with van der Waals surface area (Å²) in [5, 5.41) is 191. The van der Waals surface area contributed by atoms with Gasteiger partial charge in [0.1, 0.15) is 54.9 Å². The molecule has 530 valence electrons. The number of fused-ring (bicyclic) bond motifs is 2. The van der Waals surface area contributed by atoms with Crippen LogP contribution < -0.4 is 5.32 Å². The van der Waals surface area contributed by atoms with Crippen LogP contribution in [0.25, 0.3) is 0 Å². The van der Waals surface area contributed by atoms with Gasteiger partial charge in [0.25, 0.3) is 0 Å². The minimum atomic E-state index is -2.67. The van der Waals surface area contributed by atoms with Gasteiger partial charge in [-0.25, -0.2) is 0 Å². The molecule has 6 rings (SSSR count). The third-order valence-electron chi connectivity index (χ3n) is 18.2. The lowest BCUT2D eigenvalue weighted by atomic mass is 9.81. The van der Waals surface area contributed by atoms with Crippen molar-refractivity contribution in [1.82, 2.24) is 15.1 Å². The van der Waals surface area contributed by atoms with Gasteiger partial charge in [-0.05, 0) is 40.2 Å². The van der Waals surface area contributed by atoms with E-state index in [1.54, 1.807) is 97.7 Å². The maximum Gasteiger partial charge on any atom is 0.308 e. The SMILES string of the molecule is CC1[C@H](C)OC(=O)C[C@H](O)C[C@H](O)CC[C@@H](O)[C@H](O)C[C@H](O)C[C@]2(O)C[C@H](O)C(C(=O)N3CCN(C)CC3)C(C[C@@H](O[C@@H]3O[C@H](C)[C@@H](O)[C@H](NC[C@@]4(O)OC[C@@H](O)[C@@H](O[C@@H]5O[C@H](CO)[C@@H](O)[C@H](O)[C@H]5O)[C@@H]4O)[C@@H]3O)C=CC=CC=CC=CC=CC=CC=C[C@H](C)[C@H]1O)O2. The molecule has 1 amide bonds. The number of esters is 1. The standard InChI is InChI=1S/C64H103N3O26/c1-35-18-16-14-12-10-8-6-7-9-11-13-15-17-19-42(90-61-55(80)51(53(78)38(4)89-61)65-34-64(86)59(83)58(46(75)33-87-64)92-62-57(82)56(81)54(79)48(32-68)91-62)29-47-50(60(84)67-24-22-66(5)23-25-67)45(74)31-63(85,93-47)30-41(71)27-44(73)43(72)21-20-39(69)26-40(70)28-49(76)88-37(3)36(2)52(35)77/h6-19,35-48,50-59,61-62,65,68-75,77-83,85-86H,20-34H2,1-5H3/t35-,36?,37-,38+,39+,40+,41-,42-,43+,44+,45-,46+,47?,48+,50?,51-,52+,53+,54+,55-,56-,57+,58+,59-,61-,62-,63+,64+/m0/s1. The molecule has 29 nitrogen and oxygen atoms in total. The van der Waals surface area contributed by atoms with Crippen LogP contribution in [0, 0.1) is 17.8 Å². The molecule has 0 spiro atoms. The van der Waals surface area contributed by atoms with Gasteiger partial charge in [0.15, 0.2) is 18.4 Å². The molecule has 0 aromatic heterocycles. The Bertz CT molecular complexity index is 2500. The Morgan fingerprint density at radius 2 is 1.22 bits per heavy atom. The number of carbonyl (C=O) groups excluding carboxylic acids is 2. The molecule has 2 bridgehead atoms. The van der Waals surface area contributed by atoms with E-state index in [0.29, 0.717) is 13.1 Å². The number of hydrogen-bond acceptors (Lipinski definition) is 28. The smallest absolute Gasteiger partial charge is 0.308 e. The van der Waals surface area contributed by atoms with Gasteiger partial charge in [-0.2, -0.15) is 0 Å². The molecule has 0 radical (unpaired) electrons. The van der Waals surface area contributed by atoms with Gasteiger partial charge in [0, 0.05) is 63.7 Å². The number of nitrogens with zero attached hydrogens (tertiary/aromatic N) is 2. The van der Waals surface area contributed by atoms with Gasteiger partial charge in [0.2, 0.25) is 11.7 Å². The van der Waals surface area contributed by atoms with Gasteiger partial charge in [-0.15, -0.1) is 0 Å². The number of amides is 1. The topological polar surface area (TPSA) is 461 Å². The number of aliphatic hydroxyl groups is 17. The number of aliphatic hydroxyl groups excluding tert-OH is 15. The summed E-state index contributed by atoms with van der Waals surface area (Å²) in [5.41, 5.74) is 0. The van der Waals surface area contributed by atoms with Crippen molar-refractivity contribution in [3.63, 3.8) is 0 Å². The van der Waals surface area contributed by atoms with Crippen molar-refractivity contribution in [2.24, 2.45) is 17.8 Å². The number of ether oxygens (including phenoxy) is 7. The van der Waals surface area contributed by atoms with E-state index in [1.807, 2.05) is 18.9 Å². The monoisotopic (exact) mass is 1330 g/mol. The number of likely N-dealkylation sites (N-methyl/N-ethyl adjacent to an activating group) is 1. The number of piperazine rings is 1. The molecule has 29 heteroatoms. The number of carbonyl (C=O) groups is 2. The number of allylic oxidation sites excluding steroid dienone is 12. The fourth-order valence-electron chi connectivity index (χ4n) is 12.2. The number of hydrogen-bond donors (Lipinski definition) is 18. The molecule has 18 N–H and O–H groups in total. The van der Waals surface area contributed by atoms with Crippen molar-refractivity contribution in [2.45, 2.75) is 231 Å². The highest BCUT2D eigenvalue weighted by Gasteiger charge is 2.56. The van der Waals surface area contributed by atoms with Crippen LogP contribution in [-0.2, 0) is 42.7 Å². The molecule has 6 aliphatic heterocycles. The molecule has 6 aliphatic rings. The number of cyclic esters (lactones) is 1. The van der Waals surface area contributed by atoms with E-state index in [-0.39, 0.29) is 44.7 Å². The molecule has 28 atom stereocenters. The zero-order valence-electron chi connectivity index (χ0n) is 53.4. The summed E-state index contributed by atoms with van der Waals surface area (Å²) >= 11 is 0. The lowest BCUT2D eigenvalue weighted by Crippen LogP contribution is -2.70. The fourth-order valence-corrected chi connectivity index (χ4v) is 12.2. The summed E-state index contributed by atoms with van der Waals surface area (Å²) in [6.45, 7) is 5.89. The van der Waals surface area contributed by atoms with Gasteiger partial charge in [-0.1, -0.05) is 98.9 Å². The van der Waals surface area contributed by atoms with Gasteiger partial charge < -0.3 is 135 Å². The van der Waals surface area contributed by atoms with Crippen molar-refractivity contribution < 1.29 is 130 Å². The summed E-state index contributed by atoms with van der Waals surface area (Å²) in [5.74, 6) is -8.52. The molecule has 93 heavy (non-hydrogen) atoms. The minimum absolute atomic E-state index is 0.148. The van der Waals surface area contributed by atoms with Crippen LogP contribution in [0.15, 0.2) is 85.1 Å². The van der Waals surface area contributed by atoms with Crippen LogP contribution >= 0.6 is 0 Å². The van der Waals surface area contributed by atoms with Crippen molar-refractivity contribution in [1.29, 1.82) is 0 Å². The second-order valence-corrected chi connectivity index (χ2v) is 25.7. The largest absolute Gasteiger partial charge is 0.462 e. The molecule has 5 saturated heterocycles. The molecule has 0 aromatic rings. The first-order valence-corrected chi connectivity index (χ1v) is 32.1. The number of nitrogens with one attached hydrogen (secondary N) is 1. The Labute approximate surface area is 542 Å². The first kappa shape index (κ1) is 78.1. The molecule has 0 aliphatic carbocycles. The second-order valence-electron chi connectivity index (χ2n) is 25.7. The van der Waals surface area contributed by atoms with Crippen LogP contribution in [0.2, 0.25) is 0 Å². The van der Waals surface area contributed by atoms with E-state index in [0.717, 1.165) is 0 Å². The van der Waals surface area contributed by atoms with E-state index in [4.69, 9.17) is 33.2 Å². The molecule has 0 saturated carbocycles. The van der Waals surface area contributed by atoms with E-state index in [1.165, 1.54) is 13.0 Å². The van der Waals surface area contributed by atoms with Gasteiger partial charge >= 0.3 is 5.97 Å². The van der Waals surface area contributed by atoms with Gasteiger partial charge in [-0.3, -0.25) is 9.59 Å². The van der Waals surface area contributed by atoms with Crippen molar-refractivity contribution >= 4 is 11.9 Å². The fraction of sp³-hybridized carbons (Fsp3) is 0.750. The molecule has 3 unspecified atom stereocenters. The predicted molar refractivity (Wildman–Crippen MR) is 329 cm³/mol. The van der Waals surface area contributed by atoms with Crippen LogP contribution in [0.5, 0.6) is 0 Å². The maximum atomic E-state index is 14.6. The van der Waals surface area contributed by atoms with Crippen LogP contribution in [0.4, 0.5) is 0 Å². The van der Waals surface area contributed by atoms with Crippen molar-refractivity contribution in [3.05, 3.63) is 85.1 Å². The third-order valence-corrected chi connectivity index (χ3v) is 18.2. The Balaban J connectivity index is 1.26. The highest BCUT2D eigenvalue weighted by Crippen LogP contribution is 2.40. The quantitative estimate of drug-likeness (QED) is 0.0971. The van der Waals surface area contributed by atoms with Gasteiger partial charge in [0.05, 0.1) is 105 Å². The van der Waals surface area contributed by atoms with Crippen LogP contribution in [0.1, 0.15) is 79.1 Å². The number of rotatable bonds is 9. The Kier molecular flexibility index (Phi) is 30.8. The normalized spacial score (nSPS) is 44.2. The van der Waals surface area contributed by atoms with E-state index < -0.39 is 221 Å². The van der Waals surface area contributed by atoms with Crippen LogP contribution in [-0.4, -0.2) is 314 Å². The first-order chi connectivity index (χ1) is 44.0. The molecule has 5 fully saturated rings. The first-order valence-electron chi connectivity index (χ1n) is 32.1. The summed E-state index contributed by atoms with van der Waals surface area (Å²) in [4.78, 5) is 31.0. The minimum Gasteiger partial charge on any atom is -0.462 e. The predicted octanol–water partition coefficient (Wildman–Crippen LogP) is -4.34. The molecular formula is C64H103N3O26. The highest BCUT2D eigenvalue weighted by molar-refractivity contribution is 5.80. The third kappa shape index (κ3) is 22.3. The Hall–Kier alpha value is -3.88. The zero-order valence-corrected chi connectivity index (χ0v) is 53.4. The molecular weight excluding hydrogens is 1230 g/mol. The van der Waals surface area contributed by atoms with E-state index in [2.05, 4.69) is 5.32 Å². The van der Waals surface area contributed by atoms with Crippen LogP contribution in [0.3, 0.4) is 0 Å². The van der Waals surface area contributed by atoms with Crippen molar-refractivity contribution in [3.8, 4) is 0 Å². The average molecular weight is 1330 g/mol. The molecule has 6 heterocycles.